The van der Waals surface area contributed by atoms with Gasteiger partial charge in [0.15, 0.2) is 5.96 Å². The van der Waals surface area contributed by atoms with Gasteiger partial charge >= 0.3 is 0 Å². The van der Waals surface area contributed by atoms with E-state index in [0.717, 1.165) is 71.5 Å². The maximum Gasteiger partial charge on any atom is 0.191 e. The molecular weight excluding hydrogens is 324 g/mol. The Morgan fingerprint density at radius 2 is 2.12 bits per heavy atom. The van der Waals surface area contributed by atoms with Crippen LogP contribution in [0.15, 0.2) is 4.99 Å². The molecule has 6 nitrogen and oxygen atoms in total. The zero-order valence-corrected chi connectivity index (χ0v) is 16.1. The molecular formula is C17H34N4O2S. The summed E-state index contributed by atoms with van der Waals surface area (Å²) in [6.07, 6.45) is 2.23. The molecule has 0 aliphatic carbocycles. The van der Waals surface area contributed by atoms with E-state index in [2.05, 4.69) is 34.2 Å². The highest BCUT2D eigenvalue weighted by molar-refractivity contribution is 7.99. The van der Waals surface area contributed by atoms with Crippen molar-refractivity contribution in [2.24, 2.45) is 4.99 Å². The Labute approximate surface area is 151 Å². The number of hydrogen-bond donors (Lipinski definition) is 2. The number of ether oxygens (including phenoxy) is 2. The van der Waals surface area contributed by atoms with E-state index in [1.165, 1.54) is 17.9 Å². The summed E-state index contributed by atoms with van der Waals surface area (Å²) in [4.78, 5) is 7.53. The summed E-state index contributed by atoms with van der Waals surface area (Å²) in [6, 6.07) is 0. The fraction of sp³-hybridized carbons (Fsp3) is 0.941. The van der Waals surface area contributed by atoms with Crippen LogP contribution < -0.4 is 10.6 Å². The predicted octanol–water partition coefficient (Wildman–Crippen LogP) is 1.18. The summed E-state index contributed by atoms with van der Waals surface area (Å²) in [5.74, 6) is 3.35. The molecule has 140 valence electrons. The van der Waals surface area contributed by atoms with Gasteiger partial charge in [0, 0.05) is 45.1 Å². The molecule has 2 aliphatic rings. The van der Waals surface area contributed by atoms with Crippen molar-refractivity contribution in [1.82, 2.24) is 15.5 Å². The van der Waals surface area contributed by atoms with E-state index in [9.17, 15) is 0 Å². The Morgan fingerprint density at radius 3 is 2.79 bits per heavy atom. The number of morpholine rings is 1. The van der Waals surface area contributed by atoms with E-state index < -0.39 is 0 Å². The first-order valence-electron chi connectivity index (χ1n) is 9.31. The second-order valence-electron chi connectivity index (χ2n) is 6.30. The second kappa shape index (κ2) is 11.2. The van der Waals surface area contributed by atoms with Gasteiger partial charge in [0.2, 0.25) is 0 Å². The smallest absolute Gasteiger partial charge is 0.191 e. The Kier molecular flexibility index (Phi) is 9.23. The Bertz CT molecular complexity index is 370. The molecule has 0 bridgehead atoms. The van der Waals surface area contributed by atoms with Gasteiger partial charge in [-0.2, -0.15) is 11.8 Å². The highest BCUT2D eigenvalue weighted by Gasteiger charge is 2.40. The molecule has 2 rings (SSSR count). The van der Waals surface area contributed by atoms with Gasteiger partial charge < -0.3 is 20.1 Å². The molecule has 2 N–H and O–H groups in total. The maximum absolute atomic E-state index is 5.53. The monoisotopic (exact) mass is 358 g/mol. The van der Waals surface area contributed by atoms with Crippen molar-refractivity contribution in [3.8, 4) is 0 Å². The lowest BCUT2D eigenvalue weighted by Crippen LogP contribution is -2.56. The molecule has 1 unspecified atom stereocenters. The van der Waals surface area contributed by atoms with Gasteiger partial charge in [0.25, 0.3) is 0 Å². The summed E-state index contributed by atoms with van der Waals surface area (Å²) in [6.45, 7) is 12.2. The SMILES string of the molecule is CCNC(=NCC1(N2CCOCC2)CCSC1)NCCCOCC. The predicted molar refractivity (Wildman–Crippen MR) is 102 cm³/mol. The molecule has 2 heterocycles. The Balaban J connectivity index is 1.88. The van der Waals surface area contributed by atoms with E-state index in [0.29, 0.717) is 0 Å². The number of nitrogens with one attached hydrogen (secondary N) is 2. The second-order valence-corrected chi connectivity index (χ2v) is 7.40. The Hall–Kier alpha value is -0.500. The third-order valence-corrected chi connectivity index (χ3v) is 5.84. The zero-order valence-electron chi connectivity index (χ0n) is 15.3. The lowest BCUT2D eigenvalue weighted by molar-refractivity contribution is -0.0104. The number of aliphatic imine (C=N–C) groups is 1. The van der Waals surface area contributed by atoms with Crippen LogP contribution in [0.2, 0.25) is 0 Å². The molecule has 2 saturated heterocycles. The summed E-state index contributed by atoms with van der Waals surface area (Å²) in [5, 5.41) is 6.80. The molecule has 24 heavy (non-hydrogen) atoms. The molecule has 0 spiro atoms. The van der Waals surface area contributed by atoms with E-state index in [4.69, 9.17) is 14.5 Å². The first-order valence-corrected chi connectivity index (χ1v) is 10.5. The molecule has 0 amide bonds. The maximum atomic E-state index is 5.53. The van der Waals surface area contributed by atoms with Crippen molar-refractivity contribution in [1.29, 1.82) is 0 Å². The van der Waals surface area contributed by atoms with Crippen LogP contribution in [0.25, 0.3) is 0 Å². The minimum absolute atomic E-state index is 0.210. The third kappa shape index (κ3) is 6.10. The van der Waals surface area contributed by atoms with Crippen molar-refractivity contribution in [2.45, 2.75) is 32.2 Å². The van der Waals surface area contributed by atoms with Crippen LogP contribution in [0.5, 0.6) is 0 Å². The number of rotatable bonds is 9. The fourth-order valence-electron chi connectivity index (χ4n) is 3.20. The first kappa shape index (κ1) is 19.8. The van der Waals surface area contributed by atoms with Crippen LogP contribution in [0.1, 0.15) is 26.7 Å². The summed E-state index contributed by atoms with van der Waals surface area (Å²) in [5.41, 5.74) is 0.210. The van der Waals surface area contributed by atoms with Crippen molar-refractivity contribution in [3.05, 3.63) is 0 Å². The minimum Gasteiger partial charge on any atom is -0.382 e. The van der Waals surface area contributed by atoms with Gasteiger partial charge in [-0.25, -0.2) is 0 Å². The van der Waals surface area contributed by atoms with Crippen LogP contribution in [0.3, 0.4) is 0 Å². The third-order valence-electron chi connectivity index (χ3n) is 4.60. The van der Waals surface area contributed by atoms with Gasteiger partial charge in [-0.15, -0.1) is 0 Å². The van der Waals surface area contributed by atoms with E-state index in [1.54, 1.807) is 0 Å². The van der Waals surface area contributed by atoms with Gasteiger partial charge in [-0.3, -0.25) is 9.89 Å². The van der Waals surface area contributed by atoms with Crippen molar-refractivity contribution in [2.75, 3.05) is 70.7 Å². The lowest BCUT2D eigenvalue weighted by atomic mass is 9.96. The average Bonchev–Trinajstić information content (AvgIpc) is 3.10. The molecule has 1 atom stereocenters. The molecule has 0 aromatic rings. The van der Waals surface area contributed by atoms with E-state index in [-0.39, 0.29) is 5.54 Å². The van der Waals surface area contributed by atoms with E-state index >= 15 is 0 Å². The highest BCUT2D eigenvalue weighted by Crippen LogP contribution is 2.34. The lowest BCUT2D eigenvalue weighted by Gasteiger charge is -2.42. The standard InChI is InChI=1S/C17H34N4O2S/c1-3-18-16(19-7-5-10-22-4-2)20-14-17(6-13-24-15-17)21-8-11-23-12-9-21/h3-15H2,1-2H3,(H2,18,19,20). The number of hydrogen-bond acceptors (Lipinski definition) is 5. The van der Waals surface area contributed by atoms with Crippen LogP contribution in [-0.4, -0.2) is 87.1 Å². The average molecular weight is 359 g/mol. The molecule has 0 aromatic heterocycles. The fourth-order valence-corrected chi connectivity index (χ4v) is 4.67. The topological polar surface area (TPSA) is 58.1 Å². The van der Waals surface area contributed by atoms with Gasteiger partial charge in [-0.05, 0) is 32.4 Å². The summed E-state index contributed by atoms with van der Waals surface area (Å²) >= 11 is 2.06. The van der Waals surface area contributed by atoms with Crippen LogP contribution in [0, 0.1) is 0 Å². The quantitative estimate of drug-likeness (QED) is 0.367. The molecule has 7 heteroatoms. The largest absolute Gasteiger partial charge is 0.382 e. The molecule has 0 radical (unpaired) electrons. The normalized spacial score (nSPS) is 25.8. The number of thioether (sulfide) groups is 1. The molecule has 2 fully saturated rings. The van der Waals surface area contributed by atoms with E-state index in [1.807, 2.05) is 6.92 Å². The van der Waals surface area contributed by atoms with Crippen molar-refractivity contribution in [3.63, 3.8) is 0 Å². The van der Waals surface area contributed by atoms with Crippen LogP contribution in [-0.2, 0) is 9.47 Å². The Morgan fingerprint density at radius 1 is 1.29 bits per heavy atom. The molecule has 0 saturated carbocycles. The van der Waals surface area contributed by atoms with Crippen molar-refractivity contribution >= 4 is 17.7 Å². The van der Waals surface area contributed by atoms with Crippen LogP contribution in [0.4, 0.5) is 0 Å². The minimum atomic E-state index is 0.210. The summed E-state index contributed by atoms with van der Waals surface area (Å²) in [7, 11) is 0. The van der Waals surface area contributed by atoms with Crippen molar-refractivity contribution < 1.29 is 9.47 Å². The number of guanidine groups is 1. The number of nitrogens with zero attached hydrogens (tertiary/aromatic N) is 2. The zero-order chi connectivity index (χ0) is 17.1. The summed E-state index contributed by atoms with van der Waals surface area (Å²) < 4.78 is 10.9. The molecule has 2 aliphatic heterocycles. The van der Waals surface area contributed by atoms with Gasteiger partial charge in [0.1, 0.15) is 0 Å². The van der Waals surface area contributed by atoms with Crippen LogP contribution >= 0.6 is 11.8 Å². The van der Waals surface area contributed by atoms with Gasteiger partial charge in [-0.1, -0.05) is 0 Å². The molecule has 0 aromatic carbocycles. The first-order chi connectivity index (χ1) is 11.8. The highest BCUT2D eigenvalue weighted by atomic mass is 32.2. The van der Waals surface area contributed by atoms with Gasteiger partial charge in [0.05, 0.1) is 25.3 Å².